The van der Waals surface area contributed by atoms with Crippen LogP contribution >= 0.6 is 0 Å². The minimum atomic E-state index is -0.285. The quantitative estimate of drug-likeness (QED) is 0.420. The third kappa shape index (κ3) is 5.09. The van der Waals surface area contributed by atoms with Crippen molar-refractivity contribution in [2.24, 2.45) is 0 Å². The first kappa shape index (κ1) is 21.4. The molecule has 0 saturated carbocycles. The number of imidazole rings is 1. The van der Waals surface area contributed by atoms with E-state index in [0.717, 1.165) is 28.2 Å². The maximum absolute atomic E-state index is 12.5. The lowest BCUT2D eigenvalue weighted by molar-refractivity contribution is -0.123. The first-order valence-electron chi connectivity index (χ1n) is 10.7. The number of ether oxygens (including phenoxy) is 2. The molecule has 0 bridgehead atoms. The van der Waals surface area contributed by atoms with E-state index in [1.807, 2.05) is 92.7 Å². The maximum Gasteiger partial charge on any atom is 0.258 e. The summed E-state index contributed by atoms with van der Waals surface area (Å²) in [7, 11) is 0. The van der Waals surface area contributed by atoms with E-state index in [1.165, 1.54) is 0 Å². The Morgan fingerprint density at radius 1 is 0.969 bits per heavy atom. The highest BCUT2D eigenvalue weighted by Gasteiger charge is 2.18. The van der Waals surface area contributed by atoms with E-state index in [9.17, 15) is 4.79 Å². The molecule has 0 fully saturated rings. The number of rotatable bonds is 9. The normalized spacial score (nSPS) is 11.8. The van der Waals surface area contributed by atoms with Gasteiger partial charge in [-0.2, -0.15) is 0 Å². The van der Waals surface area contributed by atoms with Gasteiger partial charge < -0.3 is 19.4 Å². The monoisotopic (exact) mass is 429 g/mol. The summed E-state index contributed by atoms with van der Waals surface area (Å²) in [5.41, 5.74) is 3.00. The molecule has 1 atom stereocenters. The van der Waals surface area contributed by atoms with Crippen molar-refractivity contribution < 1.29 is 14.3 Å². The van der Waals surface area contributed by atoms with Crippen LogP contribution in [-0.4, -0.2) is 28.7 Å². The summed E-state index contributed by atoms with van der Waals surface area (Å²) in [5.74, 6) is 2.12. The largest absolute Gasteiger partial charge is 0.491 e. The molecule has 6 heteroatoms. The lowest BCUT2D eigenvalue weighted by atomic mass is 10.2. The van der Waals surface area contributed by atoms with E-state index in [4.69, 9.17) is 14.5 Å². The Kier molecular flexibility index (Phi) is 6.70. The number of hydrogen-bond acceptors (Lipinski definition) is 4. The van der Waals surface area contributed by atoms with E-state index < -0.39 is 0 Å². The molecule has 1 N–H and O–H groups in total. The van der Waals surface area contributed by atoms with Crippen molar-refractivity contribution in [2.45, 2.75) is 26.4 Å². The Hall–Kier alpha value is -3.80. The van der Waals surface area contributed by atoms with Gasteiger partial charge in [-0.1, -0.05) is 48.5 Å². The number of para-hydroxylation sites is 4. The summed E-state index contributed by atoms with van der Waals surface area (Å²) in [5, 5.41) is 3.00. The molecule has 6 nitrogen and oxygen atoms in total. The van der Waals surface area contributed by atoms with Gasteiger partial charge in [-0.15, -0.1) is 0 Å². The zero-order valence-electron chi connectivity index (χ0n) is 18.3. The van der Waals surface area contributed by atoms with Gasteiger partial charge in [0, 0.05) is 0 Å². The molecule has 0 radical (unpaired) electrons. The third-order valence-electron chi connectivity index (χ3n) is 5.23. The van der Waals surface area contributed by atoms with Gasteiger partial charge in [-0.25, -0.2) is 4.98 Å². The Morgan fingerprint density at radius 3 is 2.50 bits per heavy atom. The van der Waals surface area contributed by atoms with Crippen molar-refractivity contribution in [1.82, 2.24) is 14.9 Å². The van der Waals surface area contributed by atoms with Gasteiger partial charge in [0.1, 0.15) is 23.9 Å². The van der Waals surface area contributed by atoms with E-state index in [-0.39, 0.29) is 18.6 Å². The van der Waals surface area contributed by atoms with Gasteiger partial charge in [-0.3, -0.25) is 4.79 Å². The first-order chi connectivity index (χ1) is 15.6. The summed E-state index contributed by atoms with van der Waals surface area (Å²) >= 11 is 0. The van der Waals surface area contributed by atoms with E-state index in [0.29, 0.717) is 18.9 Å². The van der Waals surface area contributed by atoms with E-state index in [2.05, 4.69) is 9.88 Å². The van der Waals surface area contributed by atoms with Crippen molar-refractivity contribution in [3.05, 3.63) is 90.3 Å². The number of carbonyl (C=O) groups excluding carboxylic acids is 1. The molecule has 0 aliphatic heterocycles. The highest BCUT2D eigenvalue weighted by atomic mass is 16.5. The molecule has 1 unspecified atom stereocenters. The summed E-state index contributed by atoms with van der Waals surface area (Å²) < 4.78 is 13.7. The molecule has 32 heavy (non-hydrogen) atoms. The molecule has 1 amide bonds. The molecule has 4 rings (SSSR count). The highest BCUT2D eigenvalue weighted by Crippen LogP contribution is 2.22. The molecule has 164 valence electrons. The van der Waals surface area contributed by atoms with Crippen molar-refractivity contribution in [3.8, 4) is 11.5 Å². The predicted molar refractivity (Wildman–Crippen MR) is 125 cm³/mol. The summed E-state index contributed by atoms with van der Waals surface area (Å²) in [6, 6.07) is 24.9. The molecule has 4 aromatic rings. The Balaban J connectivity index is 1.45. The van der Waals surface area contributed by atoms with Crippen LogP contribution in [0.1, 0.15) is 24.4 Å². The van der Waals surface area contributed by atoms with Crippen molar-refractivity contribution in [1.29, 1.82) is 0 Å². The fourth-order valence-electron chi connectivity index (χ4n) is 3.64. The van der Waals surface area contributed by atoms with Crippen LogP contribution in [0.2, 0.25) is 0 Å². The van der Waals surface area contributed by atoms with Crippen LogP contribution in [0.15, 0.2) is 78.9 Å². The second-order valence-electron chi connectivity index (χ2n) is 7.62. The van der Waals surface area contributed by atoms with Crippen LogP contribution in [0.25, 0.3) is 11.0 Å². The van der Waals surface area contributed by atoms with Crippen LogP contribution in [0.5, 0.6) is 11.5 Å². The fourth-order valence-corrected chi connectivity index (χ4v) is 3.64. The molecule has 1 aromatic heterocycles. The molecule has 0 aliphatic rings. The van der Waals surface area contributed by atoms with Gasteiger partial charge in [0.2, 0.25) is 0 Å². The summed E-state index contributed by atoms with van der Waals surface area (Å²) in [4.78, 5) is 17.2. The predicted octanol–water partition coefficient (Wildman–Crippen LogP) is 4.68. The number of fused-ring (bicyclic) bond motifs is 1. The smallest absolute Gasteiger partial charge is 0.258 e. The lowest BCUT2D eigenvalue weighted by Crippen LogP contribution is -2.33. The van der Waals surface area contributed by atoms with Gasteiger partial charge in [-0.05, 0) is 49.7 Å². The third-order valence-corrected chi connectivity index (χ3v) is 5.23. The number of aromatic nitrogens is 2. The SMILES string of the molecule is Cc1ccccc1OCCn1c(C(C)NC(=O)COc2ccccc2)nc2ccccc21. The second kappa shape index (κ2) is 10.0. The van der Waals surface area contributed by atoms with E-state index >= 15 is 0 Å². The van der Waals surface area contributed by atoms with Crippen molar-refractivity contribution in [3.63, 3.8) is 0 Å². The van der Waals surface area contributed by atoms with Crippen LogP contribution in [0.3, 0.4) is 0 Å². The highest BCUT2D eigenvalue weighted by molar-refractivity contribution is 5.79. The number of carbonyl (C=O) groups is 1. The maximum atomic E-state index is 12.5. The molecule has 0 saturated heterocycles. The number of nitrogens with zero attached hydrogens (tertiary/aromatic N) is 2. The van der Waals surface area contributed by atoms with Crippen molar-refractivity contribution >= 4 is 16.9 Å². The number of hydrogen-bond donors (Lipinski definition) is 1. The molecule has 3 aromatic carbocycles. The van der Waals surface area contributed by atoms with Crippen LogP contribution < -0.4 is 14.8 Å². The average molecular weight is 430 g/mol. The van der Waals surface area contributed by atoms with Gasteiger partial charge in [0.05, 0.1) is 23.6 Å². The van der Waals surface area contributed by atoms with Gasteiger partial charge in [0.15, 0.2) is 6.61 Å². The van der Waals surface area contributed by atoms with Gasteiger partial charge >= 0.3 is 0 Å². The van der Waals surface area contributed by atoms with Crippen LogP contribution in [-0.2, 0) is 11.3 Å². The number of nitrogens with one attached hydrogen (secondary N) is 1. The van der Waals surface area contributed by atoms with E-state index in [1.54, 1.807) is 0 Å². The minimum absolute atomic E-state index is 0.0506. The number of benzene rings is 3. The average Bonchev–Trinajstić information content (AvgIpc) is 3.18. The second-order valence-corrected chi connectivity index (χ2v) is 7.62. The van der Waals surface area contributed by atoms with Gasteiger partial charge in [0.25, 0.3) is 5.91 Å². The molecule has 1 heterocycles. The Labute approximate surface area is 187 Å². The summed E-state index contributed by atoms with van der Waals surface area (Å²) in [6.45, 7) is 5.02. The Bertz CT molecular complexity index is 1190. The zero-order valence-corrected chi connectivity index (χ0v) is 18.3. The first-order valence-corrected chi connectivity index (χ1v) is 10.7. The fraction of sp³-hybridized carbons (Fsp3) is 0.231. The topological polar surface area (TPSA) is 65.4 Å². The lowest BCUT2D eigenvalue weighted by Gasteiger charge is -2.17. The van der Waals surface area contributed by atoms with Crippen LogP contribution in [0, 0.1) is 6.92 Å². The molecule has 0 aliphatic carbocycles. The van der Waals surface area contributed by atoms with Crippen LogP contribution in [0.4, 0.5) is 0 Å². The minimum Gasteiger partial charge on any atom is -0.491 e. The molecular formula is C26H27N3O3. The standard InChI is InChI=1S/C26H27N3O3/c1-19-10-6-9-15-24(19)31-17-16-29-23-14-8-7-13-22(23)28-26(29)20(2)27-25(30)18-32-21-11-4-3-5-12-21/h3-15,20H,16-18H2,1-2H3,(H,27,30). The molecule has 0 spiro atoms. The zero-order chi connectivity index (χ0) is 22.3. The van der Waals surface area contributed by atoms with Crippen molar-refractivity contribution in [2.75, 3.05) is 13.2 Å². The number of amides is 1. The number of aryl methyl sites for hydroxylation is 1. The molecular weight excluding hydrogens is 402 g/mol. The summed E-state index contributed by atoms with van der Waals surface area (Å²) in [6.07, 6.45) is 0. The Morgan fingerprint density at radius 2 is 1.69 bits per heavy atom.